The van der Waals surface area contributed by atoms with E-state index >= 15 is 0 Å². The fourth-order valence-corrected chi connectivity index (χ4v) is 0.381. The van der Waals surface area contributed by atoms with E-state index in [0.29, 0.717) is 6.29 Å². The van der Waals surface area contributed by atoms with Crippen LogP contribution in [0.2, 0.25) is 0 Å². The standard InChI is InChI=1S/C7H8O3.3CO.Fe/c1-7(10-6-9)4-2-3-5-8;3*1-2;/h2-5,7H,1H3;;;;/q-1;;;;+2. The maximum atomic E-state index is 9.72. The van der Waals surface area contributed by atoms with E-state index in [-0.39, 0.29) is 23.2 Å². The Balaban J connectivity index is -0.0000000594. The molecule has 0 spiro atoms. The Morgan fingerprint density at radius 1 is 1.12 bits per heavy atom. The molecule has 0 aliphatic heterocycles. The predicted octanol–water partition coefficient (Wildman–Crippen LogP) is 0.155. The second-order valence-electron chi connectivity index (χ2n) is 1.62. The second-order valence-corrected chi connectivity index (χ2v) is 1.62. The molecule has 17 heavy (non-hydrogen) atoms. The van der Waals surface area contributed by atoms with E-state index in [1.165, 1.54) is 19.3 Å². The van der Waals surface area contributed by atoms with Crippen molar-refractivity contribution >= 4 is 12.8 Å². The average molecular weight is 280 g/mol. The fraction of sp³-hybridized carbons (Fsp3) is 0.200. The molecule has 0 heterocycles. The van der Waals surface area contributed by atoms with Crippen LogP contribution in [0.15, 0.2) is 0 Å². The summed E-state index contributed by atoms with van der Waals surface area (Å²) < 4.78 is 26.9. The van der Waals surface area contributed by atoms with Crippen LogP contribution >= 0.6 is 0 Å². The van der Waals surface area contributed by atoms with Gasteiger partial charge in [-0.3, -0.25) is 0 Å². The molecule has 6 nitrogen and oxygen atoms in total. The molecule has 0 fully saturated rings. The van der Waals surface area contributed by atoms with Gasteiger partial charge >= 0.3 is 51.0 Å². The maximum absolute atomic E-state index is 9.72. The predicted molar refractivity (Wildman–Crippen MR) is 47.0 cm³/mol. The minimum atomic E-state index is -0.325. The van der Waals surface area contributed by atoms with Gasteiger partial charge in [0.1, 0.15) is 6.29 Å². The molecule has 1 unspecified atom stereocenters. The number of rotatable bonds is 6. The van der Waals surface area contributed by atoms with E-state index in [1.807, 2.05) is 0 Å². The van der Waals surface area contributed by atoms with Crippen molar-refractivity contribution in [2.24, 2.45) is 0 Å². The summed E-state index contributed by atoms with van der Waals surface area (Å²) in [5.41, 5.74) is 0. The maximum Gasteiger partial charge on any atom is 2.00 e. The van der Waals surface area contributed by atoms with Crippen LogP contribution in [-0.2, 0) is 45.4 Å². The van der Waals surface area contributed by atoms with Crippen molar-refractivity contribution in [3.05, 3.63) is 39.2 Å². The number of aldehydes is 1. The number of hydrogen-bond acceptors (Lipinski definition) is 3. The molecule has 0 rings (SSSR count). The van der Waals surface area contributed by atoms with Crippen LogP contribution in [0.4, 0.5) is 0 Å². The van der Waals surface area contributed by atoms with Crippen LogP contribution in [0.25, 0.3) is 0 Å². The van der Waals surface area contributed by atoms with Crippen molar-refractivity contribution in [1.29, 1.82) is 0 Å². The normalized spacial score (nSPS) is 7.47. The molecule has 0 aromatic carbocycles. The summed E-state index contributed by atoms with van der Waals surface area (Å²) in [6, 6.07) is 0. The average Bonchev–Trinajstić information content (AvgIpc) is 2.37. The van der Waals surface area contributed by atoms with Gasteiger partial charge in [-0.1, -0.05) is 6.47 Å². The minimum absolute atomic E-state index is 0. The molecule has 0 aliphatic carbocycles. The zero-order valence-electron chi connectivity index (χ0n) is 8.69. The first-order chi connectivity index (χ1) is 7.81. The summed E-state index contributed by atoms with van der Waals surface area (Å²) >= 11 is 0. The number of unbranched alkanes of at least 4 members (excludes halogenated alkanes) is 1. The fourth-order valence-electron chi connectivity index (χ4n) is 0.381. The van der Waals surface area contributed by atoms with Gasteiger partial charge in [-0.25, -0.2) is 0 Å². The van der Waals surface area contributed by atoms with Crippen LogP contribution in [-0.4, -0.2) is 18.9 Å². The van der Waals surface area contributed by atoms with E-state index in [1.54, 1.807) is 13.3 Å². The van der Waals surface area contributed by atoms with Crippen LogP contribution < -0.4 is 0 Å². The first kappa shape index (κ1) is 29.7. The molecule has 0 saturated heterocycles. The van der Waals surface area contributed by atoms with Crippen molar-refractivity contribution in [1.82, 2.24) is 0 Å². The van der Waals surface area contributed by atoms with Crippen LogP contribution in [0.1, 0.15) is 6.92 Å². The number of hydrogen-bond donors (Lipinski definition) is 0. The summed E-state index contributed by atoms with van der Waals surface area (Å²) in [7, 11) is 0. The third-order valence-corrected chi connectivity index (χ3v) is 0.806. The summed E-state index contributed by atoms with van der Waals surface area (Å²) in [6.45, 7) is 16.5. The van der Waals surface area contributed by atoms with E-state index in [2.05, 4.69) is 24.7 Å². The van der Waals surface area contributed by atoms with Crippen molar-refractivity contribution in [3.8, 4) is 0 Å². The van der Waals surface area contributed by atoms with Crippen molar-refractivity contribution in [2.45, 2.75) is 13.0 Å². The third kappa shape index (κ3) is 52.2. The van der Waals surface area contributed by atoms with Crippen molar-refractivity contribution in [3.63, 3.8) is 0 Å². The molecule has 3 radical (unpaired) electrons. The van der Waals surface area contributed by atoms with Gasteiger partial charge in [0.2, 0.25) is 0 Å². The van der Waals surface area contributed by atoms with Gasteiger partial charge in [0, 0.05) is 12.8 Å². The van der Waals surface area contributed by atoms with Gasteiger partial charge in [-0.15, -0.1) is 0 Å². The molecule has 0 aliphatic rings. The van der Waals surface area contributed by atoms with Gasteiger partial charge in [0.05, 0.1) is 6.10 Å². The van der Waals surface area contributed by atoms with E-state index in [4.69, 9.17) is 14.0 Å². The Bertz CT molecular complexity index is 184. The van der Waals surface area contributed by atoms with E-state index in [0.717, 1.165) is 0 Å². The van der Waals surface area contributed by atoms with Crippen LogP contribution in [0, 0.1) is 39.2 Å². The Labute approximate surface area is 111 Å². The Kier molecular flexibility index (Phi) is 80.7. The number of carbonyl (C=O) groups excluding carboxylic acids is 2. The van der Waals surface area contributed by atoms with E-state index in [9.17, 15) is 9.59 Å². The smallest absolute Gasteiger partial charge is 2.00 e. The zero-order chi connectivity index (χ0) is 13.8. The van der Waals surface area contributed by atoms with Gasteiger partial charge < -0.3 is 14.3 Å². The van der Waals surface area contributed by atoms with E-state index < -0.39 is 0 Å². The molecule has 7 heteroatoms. The van der Waals surface area contributed by atoms with Gasteiger partial charge in [-0.05, 0) is 13.3 Å². The first-order valence-electron chi connectivity index (χ1n) is 3.40. The third-order valence-electron chi connectivity index (χ3n) is 0.806. The Morgan fingerprint density at radius 2 is 1.53 bits per heavy atom. The molecular weight excluding hydrogens is 272 g/mol. The first-order valence-corrected chi connectivity index (χ1v) is 3.40. The molecular formula is C10H8FeO6+. The topological polar surface area (TPSA) is 103 Å². The van der Waals surface area contributed by atoms with Gasteiger partial charge in [-0.2, -0.15) is 0 Å². The monoisotopic (exact) mass is 280 g/mol. The minimum Gasteiger partial charge on any atom is 2.00 e. The Hall–Kier alpha value is -1.12. The Morgan fingerprint density at radius 3 is 1.82 bits per heavy atom. The summed E-state index contributed by atoms with van der Waals surface area (Å²) in [5, 5.41) is 0. The quantitative estimate of drug-likeness (QED) is 0.227. The molecule has 0 aromatic rings. The largest absolute Gasteiger partial charge is 2.00 e. The summed E-state index contributed by atoms with van der Waals surface area (Å²) in [6.07, 6.45) is 4.71. The molecule has 0 amide bonds. The van der Waals surface area contributed by atoms with Crippen molar-refractivity contribution < 1.29 is 45.4 Å². The number of carbonyl (C=O) groups is 1. The molecule has 0 saturated carbocycles. The van der Waals surface area contributed by atoms with Gasteiger partial charge in [0.15, 0.2) is 0 Å². The molecule has 0 bridgehead atoms. The molecule has 0 N–H and O–H groups in total. The molecule has 0 aromatic heterocycles. The van der Waals surface area contributed by atoms with Crippen LogP contribution in [0.5, 0.6) is 0 Å². The summed E-state index contributed by atoms with van der Waals surface area (Å²) in [4.78, 5) is 19.3. The summed E-state index contributed by atoms with van der Waals surface area (Å²) in [5.74, 6) is 0. The van der Waals surface area contributed by atoms with Gasteiger partial charge in [0.25, 0.3) is 0 Å². The molecule has 91 valence electrons. The van der Waals surface area contributed by atoms with Crippen molar-refractivity contribution in [2.75, 3.05) is 0 Å². The van der Waals surface area contributed by atoms with Crippen LogP contribution in [0.3, 0.4) is 0 Å². The SMILES string of the molecule is CC([CH][CH][CH]C=O)O[C-]=O.[C-]#[O+].[C-]#[O+].[C-]#[O+].[Fe+2]. The number of ether oxygens (including phenoxy) is 1. The molecule has 1 atom stereocenters. The second kappa shape index (κ2) is 46.2. The zero-order valence-corrected chi connectivity index (χ0v) is 9.79.